The van der Waals surface area contributed by atoms with E-state index in [-0.39, 0.29) is 5.48 Å². The highest BCUT2D eigenvalue weighted by atomic mass is 79.9. The fraction of sp³-hybridized carbons (Fsp3) is 0. The third-order valence-electron chi connectivity index (χ3n) is 0. The van der Waals surface area contributed by atoms with E-state index < -0.39 is 0 Å². The van der Waals surface area contributed by atoms with E-state index in [9.17, 15) is 0 Å². The van der Waals surface area contributed by atoms with Gasteiger partial charge in [-0.2, -0.15) is 5.26 Å². The molecular formula is CH2BrNO. The van der Waals surface area contributed by atoms with Gasteiger partial charge in [-0.15, -0.1) is 0 Å². The standard InChI is InChI=1S/CBrN.H2O/c2-1-3;/h;1H2. The smallest absolute Gasteiger partial charge is 0.142 e. The van der Waals surface area contributed by atoms with Crippen LogP contribution in [0.4, 0.5) is 0 Å². The molecular weight excluding hydrogens is 122 g/mol. The van der Waals surface area contributed by atoms with Gasteiger partial charge < -0.3 is 5.48 Å². The summed E-state index contributed by atoms with van der Waals surface area (Å²) in [5.74, 6) is 0. The third kappa shape index (κ3) is 341. The van der Waals surface area contributed by atoms with Gasteiger partial charge in [0.1, 0.15) is 4.98 Å². The van der Waals surface area contributed by atoms with Crippen LogP contribution in [0.1, 0.15) is 0 Å². The number of hydrogen-bond donors (Lipinski definition) is 0. The monoisotopic (exact) mass is 123 g/mol. The average molecular weight is 124 g/mol. The van der Waals surface area contributed by atoms with Gasteiger partial charge in [0.2, 0.25) is 0 Å². The van der Waals surface area contributed by atoms with Crippen LogP contribution in [0.3, 0.4) is 0 Å². The molecule has 0 bridgehead atoms. The first-order valence-electron chi connectivity index (χ1n) is 0.413. The molecule has 0 aliphatic rings. The summed E-state index contributed by atoms with van der Waals surface area (Å²) in [4.78, 5) is 1.56. The van der Waals surface area contributed by atoms with Gasteiger partial charge in [0.05, 0.1) is 0 Å². The number of hydrogen-bond acceptors (Lipinski definition) is 1. The normalized spacial score (nSPS) is 2.00. The zero-order valence-electron chi connectivity index (χ0n) is 1.83. The lowest BCUT2D eigenvalue weighted by molar-refractivity contribution is 0.824. The van der Waals surface area contributed by atoms with Crippen LogP contribution in [0.15, 0.2) is 0 Å². The Morgan fingerprint density at radius 2 is 1.75 bits per heavy atom. The van der Waals surface area contributed by atoms with Crippen LogP contribution in [-0.2, 0) is 0 Å². The zero-order chi connectivity index (χ0) is 2.71. The van der Waals surface area contributed by atoms with Gasteiger partial charge in [-0.1, -0.05) is 0 Å². The van der Waals surface area contributed by atoms with Crippen molar-refractivity contribution in [3.63, 3.8) is 0 Å². The van der Waals surface area contributed by atoms with Crippen LogP contribution >= 0.6 is 15.9 Å². The molecule has 0 spiro atoms. The Labute approximate surface area is 32.5 Å². The molecule has 2 N–H and O–H groups in total. The SMILES string of the molecule is N#CBr.O. The predicted molar refractivity (Wildman–Crippen MR) is 18.2 cm³/mol. The van der Waals surface area contributed by atoms with Gasteiger partial charge in [-0.25, -0.2) is 0 Å². The van der Waals surface area contributed by atoms with E-state index in [1.54, 1.807) is 4.98 Å². The van der Waals surface area contributed by atoms with E-state index in [4.69, 9.17) is 5.26 Å². The Morgan fingerprint density at radius 1 is 1.75 bits per heavy atom. The molecule has 0 aliphatic heterocycles. The lowest BCUT2D eigenvalue weighted by Crippen LogP contribution is -0.920. The molecule has 3 heteroatoms. The van der Waals surface area contributed by atoms with E-state index in [1.165, 1.54) is 0 Å². The lowest BCUT2D eigenvalue weighted by atomic mass is 11.8. The van der Waals surface area contributed by atoms with E-state index in [0.717, 1.165) is 0 Å². The maximum Gasteiger partial charge on any atom is 0.142 e. The number of halogens is 1. The first kappa shape index (κ1) is 9.06. The topological polar surface area (TPSA) is 55.3 Å². The van der Waals surface area contributed by atoms with Crippen LogP contribution in [0.25, 0.3) is 0 Å². The summed E-state index contributed by atoms with van der Waals surface area (Å²) < 4.78 is 0. The molecule has 24 valence electrons. The van der Waals surface area contributed by atoms with Crippen molar-refractivity contribution in [2.75, 3.05) is 0 Å². The highest BCUT2D eigenvalue weighted by Crippen LogP contribution is 1.58. The fourth-order valence-electron chi connectivity index (χ4n) is 0. The molecule has 0 radical (unpaired) electrons. The molecule has 0 unspecified atom stereocenters. The van der Waals surface area contributed by atoms with Crippen molar-refractivity contribution in [1.82, 2.24) is 0 Å². The minimum atomic E-state index is 0. The molecule has 0 saturated carbocycles. The van der Waals surface area contributed by atoms with E-state index in [1.807, 2.05) is 0 Å². The predicted octanol–water partition coefficient (Wildman–Crippen LogP) is 0.0377. The van der Waals surface area contributed by atoms with Crippen LogP contribution < -0.4 is 0 Å². The van der Waals surface area contributed by atoms with Crippen LogP contribution in [0.5, 0.6) is 0 Å². The van der Waals surface area contributed by atoms with Crippen LogP contribution in [0, 0.1) is 10.2 Å². The number of nitriles is 1. The fourth-order valence-corrected chi connectivity index (χ4v) is 0. The number of nitrogens with zero attached hydrogens (tertiary/aromatic N) is 1. The van der Waals surface area contributed by atoms with Crippen molar-refractivity contribution < 1.29 is 5.48 Å². The molecule has 0 fully saturated rings. The highest BCUT2D eigenvalue weighted by Gasteiger charge is 1.22. The number of rotatable bonds is 0. The Balaban J connectivity index is 0. The second kappa shape index (κ2) is 12.6. The summed E-state index contributed by atoms with van der Waals surface area (Å²) in [7, 11) is 0. The Hall–Kier alpha value is -0.0700. The quantitative estimate of drug-likeness (QED) is 0.449. The molecule has 0 aromatic rings. The molecule has 0 heterocycles. The maximum atomic E-state index is 7.24. The first-order valence-corrected chi connectivity index (χ1v) is 1.21. The Kier molecular flexibility index (Phi) is 28.6. The van der Waals surface area contributed by atoms with Gasteiger partial charge in [-0.3, -0.25) is 0 Å². The first-order chi connectivity index (χ1) is 1.41. The van der Waals surface area contributed by atoms with Gasteiger partial charge in [0, 0.05) is 15.9 Å². The third-order valence-corrected chi connectivity index (χ3v) is 0. The molecule has 0 rings (SSSR count). The van der Waals surface area contributed by atoms with E-state index >= 15 is 0 Å². The summed E-state index contributed by atoms with van der Waals surface area (Å²) in [5, 5.41) is 7.24. The zero-order valence-corrected chi connectivity index (χ0v) is 3.41. The molecule has 0 aliphatic carbocycles. The summed E-state index contributed by atoms with van der Waals surface area (Å²) in [6, 6.07) is 0. The Bertz CT molecular complexity index is 29.5. The van der Waals surface area contributed by atoms with Crippen molar-refractivity contribution in [3.05, 3.63) is 0 Å². The van der Waals surface area contributed by atoms with Gasteiger partial charge >= 0.3 is 0 Å². The largest absolute Gasteiger partial charge is 0.412 e. The minimum Gasteiger partial charge on any atom is -0.412 e. The minimum absolute atomic E-state index is 0. The summed E-state index contributed by atoms with van der Waals surface area (Å²) in [6.45, 7) is 0. The molecule has 2 nitrogen and oxygen atoms in total. The average Bonchev–Trinajstić information content (AvgIpc) is 0.918. The summed E-state index contributed by atoms with van der Waals surface area (Å²) in [6.07, 6.45) is 0. The van der Waals surface area contributed by atoms with Crippen molar-refractivity contribution in [2.24, 2.45) is 0 Å². The van der Waals surface area contributed by atoms with Gasteiger partial charge in [-0.05, 0) is 0 Å². The molecule has 0 atom stereocenters. The van der Waals surface area contributed by atoms with E-state index in [2.05, 4.69) is 15.9 Å². The van der Waals surface area contributed by atoms with Gasteiger partial charge in [0.15, 0.2) is 0 Å². The van der Waals surface area contributed by atoms with Gasteiger partial charge in [0.25, 0.3) is 0 Å². The maximum absolute atomic E-state index is 7.24. The summed E-state index contributed by atoms with van der Waals surface area (Å²) in [5.41, 5.74) is 0. The second-order valence-corrected chi connectivity index (χ2v) is 0.439. The molecule has 4 heavy (non-hydrogen) atoms. The van der Waals surface area contributed by atoms with Crippen molar-refractivity contribution in [1.29, 1.82) is 5.26 Å². The van der Waals surface area contributed by atoms with Crippen molar-refractivity contribution in [3.8, 4) is 4.98 Å². The molecule has 0 aromatic carbocycles. The van der Waals surface area contributed by atoms with Crippen LogP contribution in [0.2, 0.25) is 0 Å². The second-order valence-electron chi connectivity index (χ2n) is 0.0845. The summed E-state index contributed by atoms with van der Waals surface area (Å²) >= 11 is 2.45. The molecule has 0 aromatic heterocycles. The van der Waals surface area contributed by atoms with Crippen molar-refractivity contribution >= 4 is 15.9 Å². The Morgan fingerprint density at radius 3 is 1.75 bits per heavy atom. The lowest BCUT2D eigenvalue weighted by Gasteiger charge is -1.10. The molecule has 0 saturated heterocycles. The van der Waals surface area contributed by atoms with Crippen LogP contribution in [-0.4, -0.2) is 5.48 Å². The van der Waals surface area contributed by atoms with E-state index in [0.29, 0.717) is 0 Å². The molecule has 0 amide bonds. The van der Waals surface area contributed by atoms with Crippen molar-refractivity contribution in [2.45, 2.75) is 0 Å². The highest BCUT2D eigenvalue weighted by molar-refractivity contribution is 9.12.